The van der Waals surface area contributed by atoms with Crippen LogP contribution in [0.4, 0.5) is 4.79 Å². The van der Waals surface area contributed by atoms with Gasteiger partial charge in [0.05, 0.1) is 11.8 Å². The number of urea groups is 1. The van der Waals surface area contributed by atoms with Gasteiger partial charge in [-0.2, -0.15) is 0 Å². The molecule has 1 fully saturated rings. The number of sulfone groups is 1. The minimum absolute atomic E-state index is 0.203. The number of hydrogen-bond donors (Lipinski definition) is 1. The van der Waals surface area contributed by atoms with Crippen LogP contribution in [0.3, 0.4) is 0 Å². The Hall–Kier alpha value is -2.02. The van der Waals surface area contributed by atoms with Crippen LogP contribution >= 0.6 is 0 Å². The Morgan fingerprint density at radius 1 is 1.33 bits per heavy atom. The van der Waals surface area contributed by atoms with E-state index in [1.807, 2.05) is 19.2 Å². The van der Waals surface area contributed by atoms with E-state index in [4.69, 9.17) is 0 Å². The number of fused-ring (bicyclic) bond motifs is 1. The van der Waals surface area contributed by atoms with Crippen LogP contribution in [0.1, 0.15) is 17.7 Å². The molecule has 130 valence electrons. The molecule has 0 unspecified atom stereocenters. The average molecular weight is 349 g/mol. The van der Waals surface area contributed by atoms with Crippen molar-refractivity contribution in [1.82, 2.24) is 14.8 Å². The highest BCUT2D eigenvalue weighted by Gasteiger charge is 2.32. The summed E-state index contributed by atoms with van der Waals surface area (Å²) in [6.45, 7) is 3.24. The van der Waals surface area contributed by atoms with Gasteiger partial charge in [0.15, 0.2) is 9.84 Å². The van der Waals surface area contributed by atoms with Crippen molar-refractivity contribution >= 4 is 26.8 Å². The van der Waals surface area contributed by atoms with Gasteiger partial charge in [-0.05, 0) is 25.0 Å². The summed E-state index contributed by atoms with van der Waals surface area (Å²) in [4.78, 5) is 13.9. The fraction of sp³-hybridized carbons (Fsp3) is 0.471. The van der Waals surface area contributed by atoms with Crippen molar-refractivity contribution in [3.63, 3.8) is 0 Å². The second-order valence-corrected chi connectivity index (χ2v) is 8.82. The number of carbonyl (C=O) groups is 1. The predicted molar refractivity (Wildman–Crippen MR) is 94.7 cm³/mol. The summed E-state index contributed by atoms with van der Waals surface area (Å²) < 4.78 is 25.3. The zero-order valence-electron chi connectivity index (χ0n) is 14.2. The third kappa shape index (κ3) is 3.00. The second kappa shape index (κ2) is 6.12. The number of hydrogen-bond acceptors (Lipinski definition) is 3. The van der Waals surface area contributed by atoms with Gasteiger partial charge in [0, 0.05) is 43.0 Å². The van der Waals surface area contributed by atoms with E-state index in [-0.39, 0.29) is 12.6 Å². The number of aromatic nitrogens is 1. The van der Waals surface area contributed by atoms with Crippen molar-refractivity contribution < 1.29 is 13.2 Å². The molecule has 0 aliphatic carbocycles. The van der Waals surface area contributed by atoms with Crippen LogP contribution in [-0.4, -0.2) is 48.5 Å². The molecule has 2 heterocycles. The first-order valence-electron chi connectivity index (χ1n) is 8.03. The lowest BCUT2D eigenvalue weighted by Crippen LogP contribution is -2.39. The molecule has 1 atom stereocenters. The first-order chi connectivity index (χ1) is 11.3. The monoisotopic (exact) mass is 349 g/mol. The molecule has 2 amide bonds. The normalized spacial score (nSPS) is 18.3. The summed E-state index contributed by atoms with van der Waals surface area (Å²) in [7, 11) is -1.10. The van der Waals surface area contributed by atoms with Crippen LogP contribution in [0.2, 0.25) is 0 Å². The molecule has 0 bridgehead atoms. The molecular weight excluding hydrogens is 326 g/mol. The SMILES string of the molecule is Cc1c(CNC(=O)N2CC[C@H](S(C)(=O)=O)C2)n(C)c2ccccc12. The lowest BCUT2D eigenvalue weighted by Gasteiger charge is -2.17. The van der Waals surface area contributed by atoms with Gasteiger partial charge < -0.3 is 14.8 Å². The molecule has 7 heteroatoms. The largest absolute Gasteiger partial charge is 0.346 e. The molecule has 24 heavy (non-hydrogen) atoms. The maximum absolute atomic E-state index is 12.3. The van der Waals surface area contributed by atoms with Gasteiger partial charge in [0.25, 0.3) is 0 Å². The molecular formula is C17H23N3O3S. The van der Waals surface area contributed by atoms with E-state index >= 15 is 0 Å². The van der Waals surface area contributed by atoms with Gasteiger partial charge in [0.1, 0.15) is 0 Å². The van der Waals surface area contributed by atoms with Crippen LogP contribution in [0.25, 0.3) is 10.9 Å². The number of carbonyl (C=O) groups excluding carboxylic acids is 1. The van der Waals surface area contributed by atoms with Gasteiger partial charge in [0.2, 0.25) is 0 Å². The Bertz CT molecular complexity index is 847. The molecule has 6 nitrogen and oxygen atoms in total. The van der Waals surface area contributed by atoms with E-state index in [1.54, 1.807) is 4.90 Å². The Labute approximate surface area is 142 Å². The highest BCUT2D eigenvalue weighted by molar-refractivity contribution is 7.91. The van der Waals surface area contributed by atoms with Gasteiger partial charge in [-0.25, -0.2) is 13.2 Å². The van der Waals surface area contributed by atoms with Crippen LogP contribution in [-0.2, 0) is 23.4 Å². The molecule has 2 aromatic rings. The van der Waals surface area contributed by atoms with Crippen LogP contribution in [0, 0.1) is 6.92 Å². The van der Waals surface area contributed by atoms with Crippen molar-refractivity contribution in [1.29, 1.82) is 0 Å². The Balaban J connectivity index is 1.70. The number of likely N-dealkylation sites (tertiary alicyclic amines) is 1. The Morgan fingerprint density at radius 2 is 2.04 bits per heavy atom. The van der Waals surface area contributed by atoms with E-state index in [1.165, 1.54) is 11.6 Å². The zero-order valence-corrected chi connectivity index (χ0v) is 15.1. The molecule has 3 rings (SSSR count). The quantitative estimate of drug-likeness (QED) is 0.919. The lowest BCUT2D eigenvalue weighted by molar-refractivity contribution is 0.208. The molecule has 0 saturated carbocycles. The van der Waals surface area contributed by atoms with Crippen molar-refractivity contribution in [3.8, 4) is 0 Å². The summed E-state index contributed by atoms with van der Waals surface area (Å²) in [5.41, 5.74) is 3.35. The minimum atomic E-state index is -3.09. The molecule has 0 spiro atoms. The van der Waals surface area contributed by atoms with Crippen molar-refractivity contribution in [2.24, 2.45) is 7.05 Å². The lowest BCUT2D eigenvalue weighted by atomic mass is 10.1. The molecule has 1 saturated heterocycles. The number of nitrogens with one attached hydrogen (secondary N) is 1. The van der Waals surface area contributed by atoms with Crippen molar-refractivity contribution in [3.05, 3.63) is 35.5 Å². The van der Waals surface area contributed by atoms with Crippen LogP contribution in [0.15, 0.2) is 24.3 Å². The summed E-state index contributed by atoms with van der Waals surface area (Å²) in [6, 6.07) is 7.94. The summed E-state index contributed by atoms with van der Waals surface area (Å²) in [5, 5.41) is 3.67. The van der Waals surface area contributed by atoms with Gasteiger partial charge in [-0.1, -0.05) is 18.2 Å². The van der Waals surface area contributed by atoms with E-state index in [0.29, 0.717) is 19.5 Å². The standard InChI is InChI=1S/C17H23N3O3S/c1-12-14-6-4-5-7-15(14)19(2)16(12)10-18-17(21)20-9-8-13(11-20)24(3,22)23/h4-7,13H,8-11H2,1-3H3,(H,18,21)/t13-/m0/s1. The topological polar surface area (TPSA) is 71.4 Å². The summed E-state index contributed by atoms with van der Waals surface area (Å²) in [6.07, 6.45) is 1.75. The number of aryl methyl sites for hydroxylation is 2. The van der Waals surface area contributed by atoms with E-state index in [2.05, 4.69) is 28.9 Å². The molecule has 1 N–H and O–H groups in total. The zero-order chi connectivity index (χ0) is 17.5. The van der Waals surface area contributed by atoms with Gasteiger partial charge >= 0.3 is 6.03 Å². The smallest absolute Gasteiger partial charge is 0.317 e. The molecule has 1 aliphatic rings. The van der Waals surface area contributed by atoms with E-state index < -0.39 is 15.1 Å². The highest BCUT2D eigenvalue weighted by atomic mass is 32.2. The number of benzene rings is 1. The third-order valence-electron chi connectivity index (χ3n) is 4.95. The number of nitrogens with zero attached hydrogens (tertiary/aromatic N) is 2. The Morgan fingerprint density at radius 3 is 2.67 bits per heavy atom. The number of rotatable bonds is 3. The summed E-state index contributed by atoms with van der Waals surface area (Å²) in [5.74, 6) is 0. The van der Waals surface area contributed by atoms with Gasteiger partial charge in [-0.3, -0.25) is 0 Å². The van der Waals surface area contributed by atoms with Crippen molar-refractivity contribution in [2.75, 3.05) is 19.3 Å². The molecule has 1 aromatic carbocycles. The third-order valence-corrected chi connectivity index (χ3v) is 6.55. The fourth-order valence-electron chi connectivity index (χ4n) is 3.42. The first kappa shape index (κ1) is 16.8. The average Bonchev–Trinajstić information content (AvgIpc) is 3.12. The van der Waals surface area contributed by atoms with Crippen molar-refractivity contribution in [2.45, 2.75) is 25.1 Å². The highest BCUT2D eigenvalue weighted by Crippen LogP contribution is 2.24. The van der Waals surface area contributed by atoms with Gasteiger partial charge in [-0.15, -0.1) is 0 Å². The number of amides is 2. The summed E-state index contributed by atoms with van der Waals surface area (Å²) >= 11 is 0. The second-order valence-electron chi connectivity index (χ2n) is 6.49. The molecule has 1 aromatic heterocycles. The fourth-order valence-corrected chi connectivity index (χ4v) is 4.40. The first-order valence-corrected chi connectivity index (χ1v) is 9.99. The maximum Gasteiger partial charge on any atom is 0.317 e. The van der Waals surface area contributed by atoms with Crippen LogP contribution in [0.5, 0.6) is 0 Å². The molecule has 1 aliphatic heterocycles. The van der Waals surface area contributed by atoms with E-state index in [9.17, 15) is 13.2 Å². The maximum atomic E-state index is 12.3. The minimum Gasteiger partial charge on any atom is -0.346 e. The molecule has 0 radical (unpaired) electrons. The van der Waals surface area contributed by atoms with E-state index in [0.717, 1.165) is 16.8 Å². The number of para-hydroxylation sites is 1. The van der Waals surface area contributed by atoms with Crippen LogP contribution < -0.4 is 5.32 Å². The predicted octanol–water partition coefficient (Wildman–Crippen LogP) is 1.82. The Kier molecular flexibility index (Phi) is 4.29.